The summed E-state index contributed by atoms with van der Waals surface area (Å²) in [7, 11) is 0. The highest BCUT2D eigenvalue weighted by molar-refractivity contribution is 5.59. The van der Waals surface area contributed by atoms with Crippen LogP contribution in [0.4, 0.5) is 0 Å². The van der Waals surface area contributed by atoms with Gasteiger partial charge in [-0.3, -0.25) is 16.0 Å². The van der Waals surface area contributed by atoms with Gasteiger partial charge in [0.1, 0.15) is 11.3 Å². The average Bonchev–Trinajstić information content (AvgIpc) is 2.48. The molecule has 0 amide bonds. The van der Waals surface area contributed by atoms with Crippen molar-refractivity contribution in [2.24, 2.45) is 5.73 Å². The van der Waals surface area contributed by atoms with Gasteiger partial charge in [-0.25, -0.2) is 0 Å². The number of rotatable bonds is 0. The van der Waals surface area contributed by atoms with Crippen molar-refractivity contribution < 1.29 is 9.47 Å². The van der Waals surface area contributed by atoms with E-state index in [-0.39, 0.29) is 0 Å². The zero-order valence-electron chi connectivity index (χ0n) is 10.6. The topological polar surface area (TPSA) is 69.4 Å². The third kappa shape index (κ3) is 1.47. The molecule has 2 aliphatic heterocycles. The van der Waals surface area contributed by atoms with E-state index in [0.717, 1.165) is 22.6 Å². The number of ether oxygens (including phenoxy) is 2. The molecule has 1 aromatic heterocycles. The molecule has 0 saturated carbocycles. The summed E-state index contributed by atoms with van der Waals surface area (Å²) in [4.78, 5) is 4.13. The fourth-order valence-corrected chi connectivity index (χ4v) is 2.80. The van der Waals surface area contributed by atoms with Crippen LogP contribution < -0.4 is 15.8 Å². The Morgan fingerprint density at radius 3 is 2.90 bits per heavy atom. The molecule has 4 rings (SSSR count). The molecule has 2 unspecified atom stereocenters. The second-order valence-electron chi connectivity index (χ2n) is 4.78. The number of nitrogens with two attached hydrogens (primary N) is 1. The molecule has 0 fully saturated rings. The van der Waals surface area contributed by atoms with E-state index in [4.69, 9.17) is 15.2 Å². The second-order valence-corrected chi connectivity index (χ2v) is 4.78. The highest BCUT2D eigenvalue weighted by Gasteiger charge is 2.43. The Hall–Kier alpha value is -2.37. The van der Waals surface area contributed by atoms with E-state index in [1.807, 2.05) is 36.4 Å². The van der Waals surface area contributed by atoms with Crippen LogP contribution in [0.1, 0.15) is 11.1 Å². The van der Waals surface area contributed by atoms with Crippen molar-refractivity contribution >= 4 is 0 Å². The third-order valence-corrected chi connectivity index (χ3v) is 3.65. The predicted molar refractivity (Wildman–Crippen MR) is 72.9 cm³/mol. The van der Waals surface area contributed by atoms with Crippen LogP contribution in [-0.2, 0) is 10.3 Å². The fraction of sp³-hybridized carbons (Fsp3) is 0.133. The van der Waals surface area contributed by atoms with Gasteiger partial charge in [-0.1, -0.05) is 18.2 Å². The van der Waals surface area contributed by atoms with Crippen molar-refractivity contribution in [2.45, 2.75) is 11.9 Å². The molecule has 3 N–H and O–H groups in total. The molecule has 3 heterocycles. The number of pyridine rings is 1. The van der Waals surface area contributed by atoms with Crippen molar-refractivity contribution in [3.8, 4) is 11.5 Å². The van der Waals surface area contributed by atoms with Crippen LogP contribution in [0.15, 0.2) is 55.1 Å². The van der Waals surface area contributed by atoms with E-state index < -0.39 is 11.9 Å². The molecule has 2 atom stereocenters. The minimum atomic E-state index is -0.577. The van der Waals surface area contributed by atoms with E-state index >= 15 is 0 Å². The Bertz CT molecular complexity index is 654. The van der Waals surface area contributed by atoms with Crippen LogP contribution in [-0.4, -0.2) is 11.3 Å². The molecule has 0 radical (unpaired) electrons. The third-order valence-electron chi connectivity index (χ3n) is 3.65. The van der Waals surface area contributed by atoms with E-state index in [2.05, 4.69) is 10.3 Å². The predicted octanol–water partition coefficient (Wildman–Crippen LogP) is 1.81. The number of nitrogens with zero attached hydrogens (tertiary/aromatic N) is 1. The smallest absolute Gasteiger partial charge is 0.204 e. The monoisotopic (exact) mass is 267 g/mol. The lowest BCUT2D eigenvalue weighted by atomic mass is 9.80. The molecule has 0 saturated heterocycles. The van der Waals surface area contributed by atoms with Crippen molar-refractivity contribution in [2.75, 3.05) is 0 Å². The Kier molecular flexibility index (Phi) is 2.33. The van der Waals surface area contributed by atoms with Crippen molar-refractivity contribution in [3.63, 3.8) is 0 Å². The average molecular weight is 267 g/mol. The number of benzene rings is 1. The number of hydrogen-bond donors (Lipinski definition) is 2. The standard InChI is InChI=1S/C15H13N3O2/c16-14-18-15(6-8-19-14)10-3-1-2-4-12(10)20-13-9-17-7-5-11(13)15/h1-9,14,18H,16H2. The normalized spacial score (nSPS) is 26.4. The zero-order valence-corrected chi connectivity index (χ0v) is 10.6. The molecule has 5 nitrogen and oxygen atoms in total. The molecule has 0 bridgehead atoms. The molecule has 0 aliphatic carbocycles. The summed E-state index contributed by atoms with van der Waals surface area (Å²) in [5, 5.41) is 3.31. The number of para-hydroxylation sites is 1. The maximum Gasteiger partial charge on any atom is 0.204 e. The molecule has 100 valence electrons. The first-order valence-electron chi connectivity index (χ1n) is 6.38. The van der Waals surface area contributed by atoms with Gasteiger partial charge < -0.3 is 9.47 Å². The molecular weight excluding hydrogens is 254 g/mol. The van der Waals surface area contributed by atoms with Crippen molar-refractivity contribution in [1.29, 1.82) is 0 Å². The molecule has 5 heteroatoms. The van der Waals surface area contributed by atoms with Gasteiger partial charge in [0.2, 0.25) is 6.35 Å². The van der Waals surface area contributed by atoms with Crippen LogP contribution in [0.2, 0.25) is 0 Å². The van der Waals surface area contributed by atoms with Crippen LogP contribution in [0.5, 0.6) is 11.5 Å². The summed E-state index contributed by atoms with van der Waals surface area (Å²) < 4.78 is 11.2. The Morgan fingerprint density at radius 2 is 2.00 bits per heavy atom. The molecular formula is C15H13N3O2. The first-order valence-corrected chi connectivity index (χ1v) is 6.38. The number of nitrogens with one attached hydrogen (secondary N) is 1. The minimum Gasteiger partial charge on any atom is -0.470 e. The first-order chi connectivity index (χ1) is 9.79. The lowest BCUT2D eigenvalue weighted by molar-refractivity contribution is 0.0739. The van der Waals surface area contributed by atoms with Gasteiger partial charge in [-0.05, 0) is 18.2 Å². The lowest BCUT2D eigenvalue weighted by Gasteiger charge is -2.41. The zero-order chi connectivity index (χ0) is 13.6. The summed E-state index contributed by atoms with van der Waals surface area (Å²) in [6, 6.07) is 9.81. The van der Waals surface area contributed by atoms with E-state index in [1.165, 1.54) is 0 Å². The quantitative estimate of drug-likeness (QED) is 0.761. The van der Waals surface area contributed by atoms with E-state index in [9.17, 15) is 0 Å². The highest BCUT2D eigenvalue weighted by atomic mass is 16.5. The molecule has 2 aliphatic rings. The first kappa shape index (κ1) is 11.5. The van der Waals surface area contributed by atoms with Crippen LogP contribution in [0.25, 0.3) is 0 Å². The summed E-state index contributed by atoms with van der Waals surface area (Å²) in [6.07, 6.45) is 6.47. The molecule has 1 spiro atoms. The molecule has 2 aromatic rings. The van der Waals surface area contributed by atoms with Gasteiger partial charge in [0.25, 0.3) is 0 Å². The molecule has 1 aromatic carbocycles. The number of aromatic nitrogens is 1. The molecule has 20 heavy (non-hydrogen) atoms. The van der Waals surface area contributed by atoms with Crippen LogP contribution in [0.3, 0.4) is 0 Å². The van der Waals surface area contributed by atoms with Crippen LogP contribution in [0, 0.1) is 0 Å². The van der Waals surface area contributed by atoms with E-state index in [1.54, 1.807) is 18.7 Å². The highest BCUT2D eigenvalue weighted by Crippen LogP contribution is 2.47. The van der Waals surface area contributed by atoms with Gasteiger partial charge in [-0.2, -0.15) is 0 Å². The lowest BCUT2D eigenvalue weighted by Crippen LogP contribution is -2.55. The maximum absolute atomic E-state index is 5.92. The second kappa shape index (κ2) is 4.06. The van der Waals surface area contributed by atoms with Crippen LogP contribution >= 0.6 is 0 Å². The summed E-state index contributed by atoms with van der Waals surface area (Å²) >= 11 is 0. The maximum atomic E-state index is 5.92. The van der Waals surface area contributed by atoms with Gasteiger partial charge >= 0.3 is 0 Å². The Morgan fingerprint density at radius 1 is 1.15 bits per heavy atom. The minimum absolute atomic E-state index is 0.551. The Balaban J connectivity index is 2.02. The SMILES string of the molecule is NC1NC2(C=CO1)c1ccccc1Oc1cnccc12. The fourth-order valence-electron chi connectivity index (χ4n) is 2.80. The summed E-state index contributed by atoms with van der Waals surface area (Å²) in [5.74, 6) is 1.51. The number of fused-ring (bicyclic) bond motifs is 4. The van der Waals surface area contributed by atoms with Crippen molar-refractivity contribution in [1.82, 2.24) is 10.3 Å². The van der Waals surface area contributed by atoms with Gasteiger partial charge in [0.15, 0.2) is 5.75 Å². The largest absolute Gasteiger partial charge is 0.470 e. The van der Waals surface area contributed by atoms with Gasteiger partial charge in [0, 0.05) is 17.3 Å². The number of hydrogen-bond acceptors (Lipinski definition) is 5. The Labute approximate surface area is 116 Å². The summed E-state index contributed by atoms with van der Waals surface area (Å²) in [6.45, 7) is 0. The van der Waals surface area contributed by atoms with Crippen molar-refractivity contribution in [3.05, 3.63) is 66.2 Å². The summed E-state index contributed by atoms with van der Waals surface area (Å²) in [5.41, 5.74) is 7.34. The van der Waals surface area contributed by atoms with Gasteiger partial charge in [-0.15, -0.1) is 0 Å². The van der Waals surface area contributed by atoms with E-state index in [0.29, 0.717) is 0 Å². The van der Waals surface area contributed by atoms with Gasteiger partial charge in [0.05, 0.1) is 12.5 Å².